The second kappa shape index (κ2) is 10.5. The number of thiazole rings is 1. The number of hydrogen-bond donors (Lipinski definition) is 1. The lowest BCUT2D eigenvalue weighted by atomic mass is 10.1. The van der Waals surface area contributed by atoms with Gasteiger partial charge in [-0.25, -0.2) is 13.4 Å². The maximum Gasteiger partial charge on any atom is 0.260 e. The van der Waals surface area contributed by atoms with Crippen molar-refractivity contribution in [3.8, 4) is 0 Å². The lowest BCUT2D eigenvalue weighted by molar-refractivity contribution is -0.115. The molecule has 1 saturated carbocycles. The first-order valence-corrected chi connectivity index (χ1v) is 13.8. The van der Waals surface area contributed by atoms with Gasteiger partial charge in [-0.2, -0.15) is 0 Å². The Morgan fingerprint density at radius 3 is 2.38 bits per heavy atom. The zero-order valence-electron chi connectivity index (χ0n) is 18.9. The maximum atomic E-state index is 12.9. The summed E-state index contributed by atoms with van der Waals surface area (Å²) in [6, 6.07) is 13.3. The molecule has 1 aliphatic carbocycles. The minimum atomic E-state index is -3.26. The van der Waals surface area contributed by atoms with Gasteiger partial charge in [0.15, 0.2) is 15.0 Å². The van der Waals surface area contributed by atoms with E-state index in [-0.39, 0.29) is 24.0 Å². The minimum Gasteiger partial charge on any atom is -0.326 e. The average Bonchev–Trinajstić information content (AvgIpc) is 3.45. The topological polar surface area (TPSA) is 96.4 Å². The number of aromatic nitrogens is 1. The summed E-state index contributed by atoms with van der Waals surface area (Å²) in [7, 11) is -3.26. The fourth-order valence-electron chi connectivity index (χ4n) is 3.61. The maximum absolute atomic E-state index is 12.9. The number of amides is 2. The predicted molar refractivity (Wildman–Crippen MR) is 134 cm³/mol. The van der Waals surface area contributed by atoms with Crippen molar-refractivity contribution in [1.29, 1.82) is 0 Å². The molecular weight excluding hydrogens is 470 g/mol. The molecule has 0 saturated heterocycles. The van der Waals surface area contributed by atoms with Gasteiger partial charge in [0.2, 0.25) is 5.91 Å². The third-order valence-electron chi connectivity index (χ3n) is 5.56. The van der Waals surface area contributed by atoms with Crippen LogP contribution in [0.2, 0.25) is 0 Å². The number of anilines is 2. The molecule has 0 radical (unpaired) electrons. The molecule has 1 N–H and O–H groups in total. The third kappa shape index (κ3) is 6.09. The van der Waals surface area contributed by atoms with Gasteiger partial charge in [0.25, 0.3) is 5.91 Å². The molecule has 0 aliphatic heterocycles. The molecule has 178 valence electrons. The van der Waals surface area contributed by atoms with Gasteiger partial charge in [0.05, 0.1) is 17.1 Å². The van der Waals surface area contributed by atoms with Crippen LogP contribution in [0.5, 0.6) is 0 Å². The highest BCUT2D eigenvalue weighted by Crippen LogP contribution is 2.32. The minimum absolute atomic E-state index is 0.123. The van der Waals surface area contributed by atoms with Crippen molar-refractivity contribution in [3.05, 3.63) is 71.2 Å². The lowest BCUT2D eigenvalue weighted by Crippen LogP contribution is -2.31. The van der Waals surface area contributed by atoms with Crippen LogP contribution in [0.1, 0.15) is 42.1 Å². The summed E-state index contributed by atoms with van der Waals surface area (Å²) in [5.74, 6) is 0.138. The van der Waals surface area contributed by atoms with Crippen LogP contribution < -0.4 is 10.2 Å². The Morgan fingerprint density at radius 1 is 1.09 bits per heavy atom. The Labute approximate surface area is 203 Å². The van der Waals surface area contributed by atoms with E-state index in [0.717, 1.165) is 24.8 Å². The Kier molecular flexibility index (Phi) is 7.43. The van der Waals surface area contributed by atoms with Crippen molar-refractivity contribution in [1.82, 2.24) is 4.98 Å². The summed E-state index contributed by atoms with van der Waals surface area (Å²) >= 11 is 1.42. The van der Waals surface area contributed by atoms with Crippen molar-refractivity contribution >= 4 is 43.8 Å². The van der Waals surface area contributed by atoms with Crippen LogP contribution in [0.4, 0.5) is 10.8 Å². The number of rotatable bonds is 10. The van der Waals surface area contributed by atoms with Crippen molar-refractivity contribution in [2.24, 2.45) is 5.92 Å². The molecule has 7 nitrogen and oxygen atoms in total. The van der Waals surface area contributed by atoms with E-state index in [9.17, 15) is 18.0 Å². The number of sulfone groups is 1. The second-order valence-corrected chi connectivity index (χ2v) is 11.3. The first-order chi connectivity index (χ1) is 16.4. The molecule has 0 bridgehead atoms. The van der Waals surface area contributed by atoms with Gasteiger partial charge >= 0.3 is 0 Å². The molecule has 0 unspecified atom stereocenters. The van der Waals surface area contributed by atoms with Crippen molar-refractivity contribution < 1.29 is 18.0 Å². The zero-order valence-corrected chi connectivity index (χ0v) is 20.6. The molecule has 0 atom stereocenters. The molecule has 2 aromatic carbocycles. The molecule has 1 heterocycles. The van der Waals surface area contributed by atoms with E-state index in [1.165, 1.54) is 11.3 Å². The molecule has 1 aromatic heterocycles. The highest BCUT2D eigenvalue weighted by molar-refractivity contribution is 7.91. The zero-order chi connectivity index (χ0) is 24.1. The van der Waals surface area contributed by atoms with E-state index in [0.29, 0.717) is 33.7 Å². The number of hydrogen-bond acceptors (Lipinski definition) is 6. The molecule has 3 aromatic rings. The van der Waals surface area contributed by atoms with E-state index in [4.69, 9.17) is 0 Å². The van der Waals surface area contributed by atoms with Crippen LogP contribution in [0, 0.1) is 5.92 Å². The fraction of sp³-hybridized carbons (Fsp3) is 0.320. The van der Waals surface area contributed by atoms with Crippen LogP contribution in [0.25, 0.3) is 0 Å². The predicted octanol–water partition coefficient (Wildman–Crippen LogP) is 4.56. The summed E-state index contributed by atoms with van der Waals surface area (Å²) in [4.78, 5) is 31.6. The van der Waals surface area contributed by atoms with E-state index in [2.05, 4.69) is 10.3 Å². The van der Waals surface area contributed by atoms with E-state index in [1.807, 2.05) is 12.3 Å². The third-order valence-corrected chi connectivity index (χ3v) is 8.25. The molecule has 1 fully saturated rings. The normalized spacial score (nSPS) is 13.4. The summed E-state index contributed by atoms with van der Waals surface area (Å²) in [6.45, 7) is 2.58. The fourth-order valence-corrected chi connectivity index (χ4v) is 5.97. The first-order valence-electron chi connectivity index (χ1n) is 11.3. The number of carbonyl (C=O) groups is 2. The first kappa shape index (κ1) is 24.1. The van der Waals surface area contributed by atoms with Crippen molar-refractivity contribution in [2.75, 3.05) is 22.5 Å². The van der Waals surface area contributed by atoms with Gasteiger partial charge in [-0.3, -0.25) is 14.5 Å². The van der Waals surface area contributed by atoms with Crippen LogP contribution in [0.3, 0.4) is 0 Å². The number of benzene rings is 2. The summed E-state index contributed by atoms with van der Waals surface area (Å²) < 4.78 is 24.7. The average molecular weight is 498 g/mol. The molecule has 9 heteroatoms. The van der Waals surface area contributed by atoms with Gasteiger partial charge in [-0.1, -0.05) is 19.1 Å². The van der Waals surface area contributed by atoms with E-state index in [1.54, 1.807) is 59.6 Å². The monoisotopic (exact) mass is 497 g/mol. The Bertz CT molecular complexity index is 1230. The number of carbonyl (C=O) groups excluding carboxylic acids is 2. The summed E-state index contributed by atoms with van der Waals surface area (Å²) in [6.07, 6.45) is 4.57. The highest BCUT2D eigenvalue weighted by atomic mass is 32.2. The Balaban J connectivity index is 1.35. The smallest absolute Gasteiger partial charge is 0.260 e. The largest absolute Gasteiger partial charge is 0.326 e. The Hall–Kier alpha value is -3.04. The van der Waals surface area contributed by atoms with Crippen molar-refractivity contribution in [3.63, 3.8) is 0 Å². The number of nitrogens with one attached hydrogen (secondary N) is 1. The molecule has 0 spiro atoms. The quantitative estimate of drug-likeness (QED) is 0.443. The molecule has 1 aliphatic rings. The molecular formula is C25H27N3O4S2. The van der Waals surface area contributed by atoms with Gasteiger partial charge in [0, 0.05) is 29.4 Å². The van der Waals surface area contributed by atoms with Crippen LogP contribution in [0.15, 0.2) is 65.0 Å². The van der Waals surface area contributed by atoms with Crippen LogP contribution in [-0.2, 0) is 21.1 Å². The SMILES string of the molecule is CCCN(C(=O)c1ccc(NC(=O)Cc2ccc(S(=O)(=O)CC3CC3)cc2)cc1)c1nccs1. The van der Waals surface area contributed by atoms with Crippen molar-refractivity contribution in [2.45, 2.75) is 37.5 Å². The standard InChI is InChI=1S/C25H27N3O4S2/c1-2-14-28(25-26-13-15-33-25)24(30)20-7-9-21(10-8-20)27-23(29)16-18-5-11-22(12-6-18)34(31,32)17-19-3-4-19/h5-13,15,19H,2-4,14,16-17H2,1H3,(H,27,29). The van der Waals surface area contributed by atoms with Gasteiger partial charge in [0.1, 0.15) is 0 Å². The van der Waals surface area contributed by atoms with Gasteiger partial charge in [-0.15, -0.1) is 11.3 Å². The molecule has 4 rings (SSSR count). The second-order valence-electron chi connectivity index (χ2n) is 8.44. The highest BCUT2D eigenvalue weighted by Gasteiger charge is 2.29. The Morgan fingerprint density at radius 2 is 1.79 bits per heavy atom. The number of nitrogens with zero attached hydrogens (tertiary/aromatic N) is 2. The van der Waals surface area contributed by atoms with Gasteiger partial charge in [-0.05, 0) is 67.1 Å². The lowest BCUT2D eigenvalue weighted by Gasteiger charge is -2.19. The van der Waals surface area contributed by atoms with Gasteiger partial charge < -0.3 is 5.32 Å². The summed E-state index contributed by atoms with van der Waals surface area (Å²) in [5.41, 5.74) is 1.83. The summed E-state index contributed by atoms with van der Waals surface area (Å²) in [5, 5.41) is 5.33. The molecule has 34 heavy (non-hydrogen) atoms. The van der Waals surface area contributed by atoms with E-state index >= 15 is 0 Å². The van der Waals surface area contributed by atoms with Crippen LogP contribution in [-0.4, -0.2) is 37.5 Å². The molecule has 2 amide bonds. The van der Waals surface area contributed by atoms with E-state index < -0.39 is 9.84 Å². The van der Waals surface area contributed by atoms with Crippen LogP contribution >= 0.6 is 11.3 Å².